The van der Waals surface area contributed by atoms with Crippen LogP contribution in [0.5, 0.6) is 11.5 Å². The maximum absolute atomic E-state index is 13.0. The lowest BCUT2D eigenvalue weighted by atomic mass is 9.96. The molecule has 7 nitrogen and oxygen atoms in total. The van der Waals surface area contributed by atoms with Crippen LogP contribution in [-0.4, -0.2) is 45.9 Å². The van der Waals surface area contributed by atoms with Gasteiger partial charge in [0.15, 0.2) is 11.5 Å². The van der Waals surface area contributed by atoms with Crippen molar-refractivity contribution in [3.63, 3.8) is 0 Å². The molecule has 0 saturated carbocycles. The van der Waals surface area contributed by atoms with Gasteiger partial charge in [-0.15, -0.1) is 0 Å². The Labute approximate surface area is 188 Å². The number of piperidine rings is 1. The number of amides is 1. The summed E-state index contributed by atoms with van der Waals surface area (Å²) in [6, 6.07) is 11.7. The van der Waals surface area contributed by atoms with E-state index in [9.17, 15) is 13.2 Å². The van der Waals surface area contributed by atoms with E-state index in [1.807, 2.05) is 25.1 Å². The van der Waals surface area contributed by atoms with Crippen LogP contribution < -0.4 is 14.8 Å². The SMILES string of the molecule is COc1ccc(S(=O)(=O)N2CCC(C(=O)NC(C)c3cccc(Cl)c3)CC2)cc1OC. The van der Waals surface area contributed by atoms with E-state index in [0.717, 1.165) is 5.56 Å². The summed E-state index contributed by atoms with van der Waals surface area (Å²) in [4.78, 5) is 12.8. The predicted molar refractivity (Wildman–Crippen MR) is 119 cm³/mol. The molecule has 1 N–H and O–H groups in total. The molecule has 3 rings (SSSR count). The summed E-state index contributed by atoms with van der Waals surface area (Å²) in [7, 11) is -0.732. The number of nitrogens with zero attached hydrogens (tertiary/aromatic N) is 1. The van der Waals surface area contributed by atoms with Crippen molar-refractivity contribution in [2.75, 3.05) is 27.3 Å². The normalized spacial score (nSPS) is 16.5. The Kier molecular flexibility index (Phi) is 7.46. The monoisotopic (exact) mass is 466 g/mol. The molecular formula is C22H27ClN2O5S. The maximum atomic E-state index is 13.0. The van der Waals surface area contributed by atoms with Gasteiger partial charge >= 0.3 is 0 Å². The third-order valence-corrected chi connectivity index (χ3v) is 7.65. The van der Waals surface area contributed by atoms with E-state index in [-0.39, 0.29) is 35.9 Å². The summed E-state index contributed by atoms with van der Waals surface area (Å²) in [6.07, 6.45) is 0.918. The van der Waals surface area contributed by atoms with Crippen LogP contribution >= 0.6 is 11.6 Å². The lowest BCUT2D eigenvalue weighted by molar-refractivity contribution is -0.126. The summed E-state index contributed by atoms with van der Waals surface area (Å²) < 4.78 is 37.9. The van der Waals surface area contributed by atoms with E-state index >= 15 is 0 Å². The van der Waals surface area contributed by atoms with Crippen molar-refractivity contribution in [3.8, 4) is 11.5 Å². The molecule has 0 bridgehead atoms. The molecule has 2 aromatic rings. The van der Waals surface area contributed by atoms with Gasteiger partial charge in [-0.05, 0) is 49.6 Å². The van der Waals surface area contributed by atoms with Gasteiger partial charge in [-0.25, -0.2) is 8.42 Å². The van der Waals surface area contributed by atoms with Crippen LogP contribution in [0.3, 0.4) is 0 Å². The number of ether oxygens (including phenoxy) is 2. The van der Waals surface area contributed by atoms with E-state index in [2.05, 4.69) is 5.32 Å². The minimum atomic E-state index is -3.69. The van der Waals surface area contributed by atoms with E-state index in [0.29, 0.717) is 29.4 Å². The lowest BCUT2D eigenvalue weighted by Gasteiger charge is -2.31. The molecule has 1 amide bonds. The second-order valence-electron chi connectivity index (χ2n) is 7.48. The number of sulfonamides is 1. The predicted octanol–water partition coefficient (Wildman–Crippen LogP) is 3.64. The fourth-order valence-electron chi connectivity index (χ4n) is 3.67. The highest BCUT2D eigenvalue weighted by Gasteiger charge is 2.33. The zero-order valence-corrected chi connectivity index (χ0v) is 19.4. The van der Waals surface area contributed by atoms with Gasteiger partial charge in [0.1, 0.15) is 0 Å². The largest absolute Gasteiger partial charge is 0.493 e. The van der Waals surface area contributed by atoms with Crippen molar-refractivity contribution in [2.24, 2.45) is 5.92 Å². The molecule has 9 heteroatoms. The molecule has 1 unspecified atom stereocenters. The van der Waals surface area contributed by atoms with Crippen molar-refractivity contribution in [3.05, 3.63) is 53.1 Å². The first-order valence-corrected chi connectivity index (χ1v) is 11.9. The minimum absolute atomic E-state index is 0.0735. The van der Waals surface area contributed by atoms with E-state index < -0.39 is 10.0 Å². The van der Waals surface area contributed by atoms with Crippen molar-refractivity contribution in [2.45, 2.75) is 30.7 Å². The first-order valence-electron chi connectivity index (χ1n) is 10.0. The third kappa shape index (κ3) is 5.31. The van der Waals surface area contributed by atoms with Crippen LogP contribution in [0.25, 0.3) is 0 Å². The number of rotatable bonds is 7. The van der Waals surface area contributed by atoms with Gasteiger partial charge in [-0.2, -0.15) is 4.31 Å². The summed E-state index contributed by atoms with van der Waals surface area (Å²) in [5.74, 6) is 0.507. The maximum Gasteiger partial charge on any atom is 0.243 e. The first kappa shape index (κ1) is 23.4. The number of hydrogen-bond donors (Lipinski definition) is 1. The third-order valence-electron chi connectivity index (χ3n) is 5.52. The number of halogens is 1. The fourth-order valence-corrected chi connectivity index (χ4v) is 5.36. The van der Waals surface area contributed by atoms with Gasteiger partial charge in [0.05, 0.1) is 25.2 Å². The molecule has 1 aliphatic heterocycles. The second kappa shape index (κ2) is 9.89. The number of carbonyl (C=O) groups is 1. The summed E-state index contributed by atoms with van der Waals surface area (Å²) in [6.45, 7) is 2.46. The lowest BCUT2D eigenvalue weighted by Crippen LogP contribution is -2.43. The van der Waals surface area contributed by atoms with Crippen LogP contribution in [0.4, 0.5) is 0 Å². The standard InChI is InChI=1S/C22H27ClN2O5S/c1-15(17-5-4-6-18(23)13-17)24-22(26)16-9-11-25(12-10-16)31(27,28)19-7-8-20(29-2)21(14-19)30-3/h4-8,13-16H,9-12H2,1-3H3,(H,24,26). The van der Waals surface area contributed by atoms with E-state index in [1.54, 1.807) is 12.1 Å². The highest BCUT2D eigenvalue weighted by molar-refractivity contribution is 7.89. The van der Waals surface area contributed by atoms with Crippen LogP contribution in [0, 0.1) is 5.92 Å². The molecular weight excluding hydrogens is 440 g/mol. The first-order chi connectivity index (χ1) is 14.8. The molecule has 0 radical (unpaired) electrons. The van der Waals surface area contributed by atoms with Gasteiger partial charge in [-0.3, -0.25) is 4.79 Å². The quantitative estimate of drug-likeness (QED) is 0.673. The van der Waals surface area contributed by atoms with Gasteiger partial charge in [0.2, 0.25) is 15.9 Å². The zero-order chi connectivity index (χ0) is 22.6. The number of carbonyl (C=O) groups excluding carboxylic acids is 1. The average Bonchev–Trinajstić information content (AvgIpc) is 2.78. The Morgan fingerprint density at radius 3 is 2.39 bits per heavy atom. The van der Waals surface area contributed by atoms with Crippen LogP contribution in [0.2, 0.25) is 5.02 Å². The Hall–Kier alpha value is -2.29. The van der Waals surface area contributed by atoms with Crippen LogP contribution in [-0.2, 0) is 14.8 Å². The topological polar surface area (TPSA) is 84.9 Å². The van der Waals surface area contributed by atoms with Crippen molar-refractivity contribution in [1.82, 2.24) is 9.62 Å². The molecule has 168 valence electrons. The molecule has 1 atom stereocenters. The molecule has 1 heterocycles. The van der Waals surface area contributed by atoms with Gasteiger partial charge in [0, 0.05) is 30.1 Å². The molecule has 1 saturated heterocycles. The highest BCUT2D eigenvalue weighted by atomic mass is 35.5. The zero-order valence-electron chi connectivity index (χ0n) is 17.8. The average molecular weight is 467 g/mol. The molecule has 2 aromatic carbocycles. The molecule has 1 aliphatic rings. The number of hydrogen-bond acceptors (Lipinski definition) is 5. The summed E-state index contributed by atoms with van der Waals surface area (Å²) in [5.41, 5.74) is 0.925. The molecule has 1 fully saturated rings. The Morgan fingerprint density at radius 1 is 1.10 bits per heavy atom. The van der Waals surface area contributed by atoms with Gasteiger partial charge in [0.25, 0.3) is 0 Å². The molecule has 0 aliphatic carbocycles. The number of nitrogens with one attached hydrogen (secondary N) is 1. The second-order valence-corrected chi connectivity index (χ2v) is 9.85. The van der Waals surface area contributed by atoms with Crippen molar-refractivity contribution >= 4 is 27.5 Å². The molecule has 0 spiro atoms. The number of benzene rings is 2. The van der Waals surface area contributed by atoms with Gasteiger partial charge in [-0.1, -0.05) is 23.7 Å². The van der Waals surface area contributed by atoms with E-state index in [4.69, 9.17) is 21.1 Å². The minimum Gasteiger partial charge on any atom is -0.493 e. The Balaban J connectivity index is 1.62. The van der Waals surface area contributed by atoms with Crippen LogP contribution in [0.15, 0.2) is 47.4 Å². The number of methoxy groups -OCH3 is 2. The van der Waals surface area contributed by atoms with Crippen molar-refractivity contribution in [1.29, 1.82) is 0 Å². The van der Waals surface area contributed by atoms with Crippen LogP contribution in [0.1, 0.15) is 31.4 Å². The van der Waals surface area contributed by atoms with Crippen molar-refractivity contribution < 1.29 is 22.7 Å². The smallest absolute Gasteiger partial charge is 0.243 e. The molecule has 0 aromatic heterocycles. The van der Waals surface area contributed by atoms with Gasteiger partial charge < -0.3 is 14.8 Å². The van der Waals surface area contributed by atoms with E-state index in [1.165, 1.54) is 30.7 Å². The Bertz CT molecular complexity index is 1040. The Morgan fingerprint density at radius 2 is 1.77 bits per heavy atom. The fraction of sp³-hybridized carbons (Fsp3) is 0.409. The molecule has 31 heavy (non-hydrogen) atoms. The highest BCUT2D eigenvalue weighted by Crippen LogP contribution is 2.32. The summed E-state index contributed by atoms with van der Waals surface area (Å²) in [5, 5.41) is 3.63. The summed E-state index contributed by atoms with van der Waals surface area (Å²) >= 11 is 6.03.